The average Bonchev–Trinajstić information content (AvgIpc) is 3.17. The maximum Gasteiger partial charge on any atom is 0.413 e. The minimum Gasteiger partial charge on any atom is -0.490 e. The van der Waals surface area contributed by atoms with Crippen molar-refractivity contribution in [3.05, 3.63) is 54.1 Å². The molecule has 1 heterocycles. The van der Waals surface area contributed by atoms with Crippen LogP contribution in [0.25, 0.3) is 11.3 Å². The van der Waals surface area contributed by atoms with Crippen molar-refractivity contribution in [3.63, 3.8) is 0 Å². The minimum atomic E-state index is -0.605. The van der Waals surface area contributed by atoms with E-state index < -0.39 is 6.09 Å². The van der Waals surface area contributed by atoms with Crippen LogP contribution in [0.1, 0.15) is 31.1 Å². The Kier molecular flexibility index (Phi) is 8.04. The first kappa shape index (κ1) is 23.1. The summed E-state index contributed by atoms with van der Waals surface area (Å²) >= 11 is 1.15. The Morgan fingerprint density at radius 3 is 2.31 bits per heavy atom. The molecule has 2 amide bonds. The van der Waals surface area contributed by atoms with Gasteiger partial charge in [-0.3, -0.25) is 10.1 Å². The second-order valence-electron chi connectivity index (χ2n) is 6.39. The summed E-state index contributed by atoms with van der Waals surface area (Å²) in [6, 6.07) is 14.4. The SMILES string of the molecule is CCOC(=O)Nc1nc(-c2ccccc2)c(NC(=O)c2ccc(OCC)c(OCC)c2)s1. The molecule has 0 bridgehead atoms. The summed E-state index contributed by atoms with van der Waals surface area (Å²) in [5, 5.41) is 6.31. The van der Waals surface area contributed by atoms with Crippen molar-refractivity contribution in [2.75, 3.05) is 30.5 Å². The molecule has 0 atom stereocenters. The molecule has 0 aliphatic rings. The highest BCUT2D eigenvalue weighted by atomic mass is 32.1. The first-order chi connectivity index (χ1) is 15.5. The number of anilines is 2. The van der Waals surface area contributed by atoms with Crippen LogP contribution in [0, 0.1) is 0 Å². The van der Waals surface area contributed by atoms with E-state index in [0.29, 0.717) is 46.1 Å². The van der Waals surface area contributed by atoms with Gasteiger partial charge in [-0.1, -0.05) is 41.7 Å². The molecule has 0 fully saturated rings. The van der Waals surface area contributed by atoms with E-state index in [9.17, 15) is 9.59 Å². The van der Waals surface area contributed by atoms with E-state index in [-0.39, 0.29) is 12.5 Å². The van der Waals surface area contributed by atoms with Crippen LogP contribution in [0.5, 0.6) is 11.5 Å². The fourth-order valence-electron chi connectivity index (χ4n) is 2.87. The van der Waals surface area contributed by atoms with Crippen molar-refractivity contribution in [1.29, 1.82) is 0 Å². The molecule has 168 valence electrons. The molecule has 32 heavy (non-hydrogen) atoms. The predicted molar refractivity (Wildman–Crippen MR) is 125 cm³/mol. The van der Waals surface area contributed by atoms with Gasteiger partial charge in [-0.05, 0) is 39.0 Å². The van der Waals surface area contributed by atoms with Crippen molar-refractivity contribution in [1.82, 2.24) is 4.98 Å². The van der Waals surface area contributed by atoms with Gasteiger partial charge in [-0.15, -0.1) is 0 Å². The van der Waals surface area contributed by atoms with Crippen molar-refractivity contribution in [2.45, 2.75) is 20.8 Å². The molecule has 3 rings (SSSR count). The molecule has 0 aliphatic heterocycles. The molecule has 0 spiro atoms. The fourth-order valence-corrected chi connectivity index (χ4v) is 3.74. The van der Waals surface area contributed by atoms with Gasteiger partial charge in [0.15, 0.2) is 16.6 Å². The summed E-state index contributed by atoms with van der Waals surface area (Å²) in [7, 11) is 0. The van der Waals surface area contributed by atoms with E-state index in [1.165, 1.54) is 0 Å². The standard InChI is InChI=1S/C23H25N3O5S/c1-4-29-17-13-12-16(14-18(17)30-5-2)20(27)25-21-19(15-10-8-7-9-11-15)24-22(32-21)26-23(28)31-6-3/h7-14H,4-6H2,1-3H3,(H,25,27)(H,24,26,28). The highest BCUT2D eigenvalue weighted by Gasteiger charge is 2.19. The van der Waals surface area contributed by atoms with E-state index in [0.717, 1.165) is 16.9 Å². The second kappa shape index (κ2) is 11.1. The quantitative estimate of drug-likeness (QED) is 0.446. The summed E-state index contributed by atoms with van der Waals surface area (Å²) in [4.78, 5) is 29.3. The summed E-state index contributed by atoms with van der Waals surface area (Å²) in [6.45, 7) is 6.64. The Balaban J connectivity index is 1.89. The lowest BCUT2D eigenvalue weighted by Gasteiger charge is -2.12. The molecule has 0 saturated carbocycles. The van der Waals surface area contributed by atoms with Gasteiger partial charge in [0.1, 0.15) is 10.7 Å². The van der Waals surface area contributed by atoms with Gasteiger partial charge in [-0.25, -0.2) is 9.78 Å². The number of thiazole rings is 1. The Labute approximate surface area is 190 Å². The van der Waals surface area contributed by atoms with E-state index in [1.807, 2.05) is 44.2 Å². The number of aromatic nitrogens is 1. The van der Waals surface area contributed by atoms with Crippen LogP contribution < -0.4 is 20.1 Å². The summed E-state index contributed by atoms with van der Waals surface area (Å²) in [5.41, 5.74) is 1.76. The van der Waals surface area contributed by atoms with Gasteiger partial charge in [0.25, 0.3) is 5.91 Å². The lowest BCUT2D eigenvalue weighted by atomic mass is 10.1. The van der Waals surface area contributed by atoms with E-state index in [2.05, 4.69) is 15.6 Å². The number of benzene rings is 2. The first-order valence-corrected chi connectivity index (χ1v) is 11.1. The first-order valence-electron chi connectivity index (χ1n) is 10.3. The van der Waals surface area contributed by atoms with Crippen molar-refractivity contribution >= 4 is 33.5 Å². The van der Waals surface area contributed by atoms with Gasteiger partial charge in [-0.2, -0.15) is 0 Å². The van der Waals surface area contributed by atoms with Crippen molar-refractivity contribution in [2.24, 2.45) is 0 Å². The maximum absolute atomic E-state index is 13.0. The highest BCUT2D eigenvalue weighted by molar-refractivity contribution is 7.20. The van der Waals surface area contributed by atoms with E-state index in [4.69, 9.17) is 14.2 Å². The number of hydrogen-bond donors (Lipinski definition) is 2. The number of amides is 2. The van der Waals surface area contributed by atoms with Gasteiger partial charge in [0, 0.05) is 11.1 Å². The average molecular weight is 456 g/mol. The van der Waals surface area contributed by atoms with Crippen molar-refractivity contribution in [3.8, 4) is 22.8 Å². The fraction of sp³-hybridized carbons (Fsp3) is 0.261. The van der Waals surface area contributed by atoms with Gasteiger partial charge in [0.2, 0.25) is 0 Å². The van der Waals surface area contributed by atoms with E-state index >= 15 is 0 Å². The molecule has 2 N–H and O–H groups in total. The molecule has 1 aromatic heterocycles. The van der Waals surface area contributed by atoms with Crippen LogP contribution in [0.2, 0.25) is 0 Å². The molecule has 3 aromatic rings. The zero-order valence-electron chi connectivity index (χ0n) is 18.1. The van der Waals surface area contributed by atoms with Crippen LogP contribution in [0.3, 0.4) is 0 Å². The lowest BCUT2D eigenvalue weighted by Crippen LogP contribution is -2.12. The predicted octanol–water partition coefficient (Wildman–Crippen LogP) is 5.43. The van der Waals surface area contributed by atoms with Gasteiger partial charge < -0.3 is 19.5 Å². The smallest absolute Gasteiger partial charge is 0.413 e. The van der Waals surface area contributed by atoms with E-state index in [1.54, 1.807) is 25.1 Å². The molecule has 0 saturated heterocycles. The largest absolute Gasteiger partial charge is 0.490 e. The number of nitrogens with zero attached hydrogens (tertiary/aromatic N) is 1. The molecular weight excluding hydrogens is 430 g/mol. The number of carbonyl (C=O) groups is 2. The van der Waals surface area contributed by atoms with Crippen LogP contribution in [-0.4, -0.2) is 36.8 Å². The minimum absolute atomic E-state index is 0.242. The van der Waals surface area contributed by atoms with Crippen LogP contribution in [0.4, 0.5) is 14.9 Å². The number of carbonyl (C=O) groups excluding carboxylic acids is 2. The van der Waals surface area contributed by atoms with Gasteiger partial charge >= 0.3 is 6.09 Å². The zero-order valence-corrected chi connectivity index (χ0v) is 19.0. The Hall–Kier alpha value is -3.59. The van der Waals surface area contributed by atoms with Crippen LogP contribution in [-0.2, 0) is 4.74 Å². The molecule has 2 aromatic carbocycles. The maximum atomic E-state index is 13.0. The zero-order chi connectivity index (χ0) is 22.9. The normalized spacial score (nSPS) is 10.3. The summed E-state index contributed by atoms with van der Waals surface area (Å²) in [5.74, 6) is 0.742. The summed E-state index contributed by atoms with van der Waals surface area (Å²) in [6.07, 6.45) is -0.605. The summed E-state index contributed by atoms with van der Waals surface area (Å²) < 4.78 is 16.1. The highest BCUT2D eigenvalue weighted by Crippen LogP contribution is 2.36. The molecule has 0 radical (unpaired) electrons. The van der Waals surface area contributed by atoms with Gasteiger partial charge in [0.05, 0.1) is 19.8 Å². The number of hydrogen-bond acceptors (Lipinski definition) is 7. The van der Waals surface area contributed by atoms with Crippen LogP contribution >= 0.6 is 11.3 Å². The van der Waals surface area contributed by atoms with Crippen LogP contribution in [0.15, 0.2) is 48.5 Å². The third-order valence-corrected chi connectivity index (χ3v) is 5.08. The Morgan fingerprint density at radius 2 is 1.62 bits per heavy atom. The second-order valence-corrected chi connectivity index (χ2v) is 7.39. The van der Waals surface area contributed by atoms with Crippen molar-refractivity contribution < 1.29 is 23.8 Å². The number of nitrogens with one attached hydrogen (secondary N) is 2. The number of rotatable bonds is 9. The Bertz CT molecular complexity index is 1070. The third-order valence-electron chi connectivity index (χ3n) is 4.19. The molecule has 8 nitrogen and oxygen atoms in total. The molecule has 9 heteroatoms. The lowest BCUT2D eigenvalue weighted by molar-refractivity contribution is 0.102. The monoisotopic (exact) mass is 455 g/mol. The number of ether oxygens (including phenoxy) is 3. The molecular formula is C23H25N3O5S. The third kappa shape index (κ3) is 5.76. The Morgan fingerprint density at radius 1 is 0.906 bits per heavy atom. The topological polar surface area (TPSA) is 98.8 Å². The molecule has 0 aliphatic carbocycles. The molecule has 0 unspecified atom stereocenters.